The molecule has 1 aliphatic rings. The van der Waals surface area contributed by atoms with Crippen molar-refractivity contribution in [3.8, 4) is 23.8 Å². The highest BCUT2D eigenvalue weighted by Crippen LogP contribution is 2.30. The van der Waals surface area contributed by atoms with Crippen LogP contribution in [-0.4, -0.2) is 25.7 Å². The minimum absolute atomic E-state index is 0.0609. The summed E-state index contributed by atoms with van der Waals surface area (Å²) < 4.78 is 10.7. The van der Waals surface area contributed by atoms with Crippen LogP contribution in [0.5, 0.6) is 11.5 Å². The number of nitrogens with one attached hydrogen (secondary N) is 1. The van der Waals surface area contributed by atoms with E-state index in [-0.39, 0.29) is 18.6 Å². The third-order valence-electron chi connectivity index (χ3n) is 4.71. The Balaban J connectivity index is 2.06. The second kappa shape index (κ2) is 9.22. The maximum atomic E-state index is 12.6. The molecular weight excluding hydrogens is 302 g/mol. The number of carbonyl (C=O) groups excluding carboxylic acids is 1. The van der Waals surface area contributed by atoms with Crippen molar-refractivity contribution in [1.29, 1.82) is 0 Å². The summed E-state index contributed by atoms with van der Waals surface area (Å²) in [5.74, 6) is 4.01. The van der Waals surface area contributed by atoms with Crippen molar-refractivity contribution in [2.24, 2.45) is 5.92 Å². The van der Waals surface area contributed by atoms with Crippen LogP contribution < -0.4 is 14.8 Å². The van der Waals surface area contributed by atoms with E-state index >= 15 is 0 Å². The number of hydrogen-bond acceptors (Lipinski definition) is 3. The molecule has 24 heavy (non-hydrogen) atoms. The molecule has 1 aromatic rings. The molecule has 0 heterocycles. The molecule has 1 N–H and O–H groups in total. The van der Waals surface area contributed by atoms with E-state index in [0.29, 0.717) is 23.0 Å². The second-order valence-electron chi connectivity index (χ2n) is 6.24. The van der Waals surface area contributed by atoms with Crippen LogP contribution in [0, 0.1) is 18.3 Å². The molecule has 1 atom stereocenters. The van der Waals surface area contributed by atoms with Gasteiger partial charge in [-0.2, -0.15) is 0 Å². The Hall–Kier alpha value is -2.15. The monoisotopic (exact) mass is 329 g/mol. The number of benzene rings is 1. The summed E-state index contributed by atoms with van der Waals surface area (Å²) in [6.07, 6.45) is 12.4. The summed E-state index contributed by atoms with van der Waals surface area (Å²) in [6, 6.07) is 5.42. The normalized spacial score (nSPS) is 16.0. The van der Waals surface area contributed by atoms with Crippen LogP contribution in [-0.2, 0) is 0 Å². The summed E-state index contributed by atoms with van der Waals surface area (Å²) in [7, 11) is 1.55. The van der Waals surface area contributed by atoms with Gasteiger partial charge in [0.25, 0.3) is 5.91 Å². The molecule has 1 amide bonds. The Labute approximate surface area is 144 Å². The van der Waals surface area contributed by atoms with E-state index < -0.39 is 0 Å². The number of carbonyl (C=O) groups is 1. The zero-order valence-electron chi connectivity index (χ0n) is 14.6. The van der Waals surface area contributed by atoms with Gasteiger partial charge in [0.15, 0.2) is 11.5 Å². The molecule has 4 nitrogen and oxygen atoms in total. The van der Waals surface area contributed by atoms with Crippen molar-refractivity contribution in [2.75, 3.05) is 13.7 Å². The molecule has 1 aromatic carbocycles. The molecule has 0 bridgehead atoms. The van der Waals surface area contributed by atoms with Gasteiger partial charge >= 0.3 is 0 Å². The first-order valence-corrected chi connectivity index (χ1v) is 8.74. The van der Waals surface area contributed by atoms with Gasteiger partial charge in [0.05, 0.1) is 7.11 Å². The summed E-state index contributed by atoms with van der Waals surface area (Å²) in [5, 5.41) is 3.20. The smallest absolute Gasteiger partial charge is 0.251 e. The van der Waals surface area contributed by atoms with Crippen molar-refractivity contribution in [2.45, 2.75) is 51.5 Å². The zero-order valence-corrected chi connectivity index (χ0v) is 14.6. The molecule has 0 aliphatic heterocycles. The third kappa shape index (κ3) is 4.67. The second-order valence-corrected chi connectivity index (χ2v) is 6.24. The van der Waals surface area contributed by atoms with Gasteiger partial charge in [0.1, 0.15) is 6.61 Å². The van der Waals surface area contributed by atoms with Gasteiger partial charge in [0, 0.05) is 11.6 Å². The molecule has 130 valence electrons. The number of ether oxygens (including phenoxy) is 2. The van der Waals surface area contributed by atoms with Gasteiger partial charge in [-0.15, -0.1) is 6.42 Å². The molecular formula is C20H27NO3. The lowest BCUT2D eigenvalue weighted by molar-refractivity contribution is 0.0910. The predicted molar refractivity (Wildman–Crippen MR) is 95.4 cm³/mol. The number of hydrogen-bond donors (Lipinski definition) is 1. The molecule has 4 heteroatoms. The van der Waals surface area contributed by atoms with E-state index in [1.807, 2.05) is 0 Å². The van der Waals surface area contributed by atoms with E-state index in [1.165, 1.54) is 32.1 Å². The predicted octanol–water partition coefficient (Wildman–Crippen LogP) is 3.80. The lowest BCUT2D eigenvalue weighted by Crippen LogP contribution is -2.40. The fourth-order valence-corrected chi connectivity index (χ4v) is 3.39. The van der Waals surface area contributed by atoms with Crippen LogP contribution in [0.4, 0.5) is 0 Å². The summed E-state index contributed by atoms with van der Waals surface area (Å²) in [6.45, 7) is 2.30. The molecule has 0 saturated heterocycles. The SMILES string of the molecule is C#CCOc1ccc(C(=O)NC(CC)C2CCCCC2)cc1OC. The average Bonchev–Trinajstić information content (AvgIpc) is 2.64. The summed E-state index contributed by atoms with van der Waals surface area (Å²) in [4.78, 5) is 12.6. The lowest BCUT2D eigenvalue weighted by atomic mass is 9.83. The minimum atomic E-state index is -0.0609. The Bertz CT molecular complexity index is 585. The highest BCUT2D eigenvalue weighted by Gasteiger charge is 2.24. The average molecular weight is 329 g/mol. The first-order valence-electron chi connectivity index (χ1n) is 8.74. The molecule has 0 aromatic heterocycles. The quantitative estimate of drug-likeness (QED) is 0.774. The maximum absolute atomic E-state index is 12.6. The number of terminal acetylenes is 1. The third-order valence-corrected chi connectivity index (χ3v) is 4.71. The van der Waals surface area contributed by atoms with Gasteiger partial charge in [-0.05, 0) is 43.4 Å². The first kappa shape index (κ1) is 18.2. The number of methoxy groups -OCH3 is 1. The zero-order chi connectivity index (χ0) is 17.4. The Morgan fingerprint density at radius 3 is 2.71 bits per heavy atom. The molecule has 1 unspecified atom stereocenters. The van der Waals surface area contributed by atoms with Gasteiger partial charge in [0.2, 0.25) is 0 Å². The van der Waals surface area contributed by atoms with E-state index in [1.54, 1.807) is 25.3 Å². The number of rotatable bonds is 7. The van der Waals surface area contributed by atoms with Gasteiger partial charge in [-0.25, -0.2) is 0 Å². The van der Waals surface area contributed by atoms with Crippen LogP contribution in [0.15, 0.2) is 18.2 Å². The van der Waals surface area contributed by atoms with E-state index in [4.69, 9.17) is 15.9 Å². The van der Waals surface area contributed by atoms with Crippen molar-refractivity contribution in [1.82, 2.24) is 5.32 Å². The lowest BCUT2D eigenvalue weighted by Gasteiger charge is -2.30. The van der Waals surface area contributed by atoms with Crippen LogP contribution >= 0.6 is 0 Å². The molecule has 2 rings (SSSR count). The van der Waals surface area contributed by atoms with Crippen LogP contribution in [0.3, 0.4) is 0 Å². The minimum Gasteiger partial charge on any atom is -0.493 e. The van der Waals surface area contributed by atoms with Crippen molar-refractivity contribution < 1.29 is 14.3 Å². The maximum Gasteiger partial charge on any atom is 0.251 e. The van der Waals surface area contributed by atoms with Gasteiger partial charge < -0.3 is 14.8 Å². The number of amides is 1. The molecule has 1 fully saturated rings. The van der Waals surface area contributed by atoms with E-state index in [9.17, 15) is 4.79 Å². The molecule has 1 saturated carbocycles. The van der Waals surface area contributed by atoms with Crippen LogP contribution in [0.1, 0.15) is 55.8 Å². The summed E-state index contributed by atoms with van der Waals surface area (Å²) >= 11 is 0. The highest BCUT2D eigenvalue weighted by atomic mass is 16.5. The Morgan fingerprint density at radius 2 is 2.08 bits per heavy atom. The fraction of sp³-hybridized carbons (Fsp3) is 0.550. The molecule has 0 spiro atoms. The van der Waals surface area contributed by atoms with Crippen molar-refractivity contribution >= 4 is 5.91 Å². The Morgan fingerprint density at radius 1 is 1.33 bits per heavy atom. The van der Waals surface area contributed by atoms with Crippen molar-refractivity contribution in [3.63, 3.8) is 0 Å². The van der Waals surface area contributed by atoms with Gasteiger partial charge in [-0.1, -0.05) is 32.1 Å². The molecule has 0 radical (unpaired) electrons. The first-order chi connectivity index (χ1) is 11.7. The van der Waals surface area contributed by atoms with Crippen LogP contribution in [0.25, 0.3) is 0 Å². The standard InChI is InChI=1S/C20H27NO3/c1-4-13-24-18-12-11-16(14-19(18)23-3)20(22)21-17(5-2)15-9-7-6-8-10-15/h1,11-12,14-15,17H,5-10,13H2,2-3H3,(H,21,22). The van der Waals surface area contributed by atoms with Gasteiger partial charge in [-0.3, -0.25) is 4.79 Å². The summed E-state index contributed by atoms with van der Waals surface area (Å²) in [5.41, 5.74) is 0.578. The van der Waals surface area contributed by atoms with Crippen molar-refractivity contribution in [3.05, 3.63) is 23.8 Å². The Kier molecular flexibility index (Phi) is 6.99. The van der Waals surface area contributed by atoms with Crippen LogP contribution in [0.2, 0.25) is 0 Å². The largest absolute Gasteiger partial charge is 0.493 e. The molecule has 1 aliphatic carbocycles. The van der Waals surface area contributed by atoms with E-state index in [0.717, 1.165) is 6.42 Å². The van der Waals surface area contributed by atoms with E-state index in [2.05, 4.69) is 18.2 Å². The topological polar surface area (TPSA) is 47.6 Å². The fourth-order valence-electron chi connectivity index (χ4n) is 3.39. The highest BCUT2D eigenvalue weighted by molar-refractivity contribution is 5.95.